The van der Waals surface area contributed by atoms with Crippen molar-refractivity contribution in [2.24, 2.45) is 5.73 Å². The smallest absolute Gasteiger partial charge is 0.332 e. The van der Waals surface area contributed by atoms with Crippen LogP contribution in [0, 0.1) is 0 Å². The van der Waals surface area contributed by atoms with E-state index in [1.807, 2.05) is 0 Å². The fraction of sp³-hybridized carbons (Fsp3) is 0.400. The number of hydrogen-bond donors (Lipinski definition) is 2. The number of carbonyl (C=O) groups is 1. The largest absolute Gasteiger partial charge is 0.385 e. The maximum Gasteiger partial charge on any atom is 0.385 e. The topological polar surface area (TPSA) is 111 Å². The van der Waals surface area contributed by atoms with Crippen LogP contribution in [0.25, 0.3) is 0 Å². The Morgan fingerprint density at radius 2 is 2.00 bits per heavy atom. The molecule has 100 valence electrons. The lowest BCUT2D eigenvalue weighted by Crippen LogP contribution is -2.45. The molecule has 18 heavy (non-hydrogen) atoms. The lowest BCUT2D eigenvalue weighted by atomic mass is 10.1. The number of nitrogens with one attached hydrogen (secondary N) is 1. The minimum absolute atomic E-state index is 0.00311. The quantitative estimate of drug-likeness (QED) is 0.761. The van der Waals surface area contributed by atoms with Crippen LogP contribution < -0.4 is 10.5 Å². The van der Waals surface area contributed by atoms with E-state index in [9.17, 15) is 13.2 Å². The molecular weight excluding hydrogens is 258 g/mol. The van der Waals surface area contributed by atoms with Crippen molar-refractivity contribution in [3.8, 4) is 0 Å². The van der Waals surface area contributed by atoms with E-state index in [0.29, 0.717) is 5.56 Å². The molecule has 1 aromatic rings. The summed E-state index contributed by atoms with van der Waals surface area (Å²) in [5.41, 5.74) is 4.74. The molecule has 0 saturated carbocycles. The summed E-state index contributed by atoms with van der Waals surface area (Å²) >= 11 is 0. The molecule has 0 spiro atoms. The van der Waals surface area contributed by atoms with Crippen LogP contribution in [0.5, 0.6) is 0 Å². The first kappa shape index (κ1) is 14.6. The second kappa shape index (κ2) is 5.42. The molecule has 0 saturated heterocycles. The molecule has 1 heterocycles. The normalized spacial score (nSPS) is 12.2. The number of aromatic nitrogens is 1. The molecule has 0 aliphatic rings. The van der Waals surface area contributed by atoms with E-state index in [1.54, 1.807) is 12.1 Å². The lowest BCUT2D eigenvalue weighted by molar-refractivity contribution is -0.138. The number of rotatable bonds is 5. The molecule has 0 bridgehead atoms. The Hall–Kier alpha value is -1.51. The number of hydrogen-bond acceptors (Lipinski definition) is 6. The van der Waals surface area contributed by atoms with Crippen LogP contribution >= 0.6 is 0 Å². The molecule has 0 amide bonds. The van der Waals surface area contributed by atoms with Gasteiger partial charge in [0.1, 0.15) is 5.54 Å². The van der Waals surface area contributed by atoms with E-state index < -0.39 is 21.8 Å². The van der Waals surface area contributed by atoms with Gasteiger partial charge in [0.25, 0.3) is 0 Å². The van der Waals surface area contributed by atoms with Crippen molar-refractivity contribution in [2.75, 3.05) is 0 Å². The molecule has 0 fully saturated rings. The van der Waals surface area contributed by atoms with Crippen LogP contribution in [0.3, 0.4) is 0 Å². The average molecular weight is 273 g/mol. The minimum atomic E-state index is -4.16. The van der Waals surface area contributed by atoms with Crippen molar-refractivity contribution in [2.45, 2.75) is 25.9 Å². The van der Waals surface area contributed by atoms with Gasteiger partial charge in [-0.15, -0.1) is 0 Å². The average Bonchev–Trinajstić information content (AvgIpc) is 2.26. The van der Waals surface area contributed by atoms with Gasteiger partial charge in [0.15, 0.2) is 0 Å². The summed E-state index contributed by atoms with van der Waals surface area (Å²) in [6, 6.07) is 3.27. The number of pyridine rings is 1. The van der Waals surface area contributed by atoms with Crippen LogP contribution in [0.4, 0.5) is 0 Å². The van der Waals surface area contributed by atoms with Crippen molar-refractivity contribution < 1.29 is 17.4 Å². The van der Waals surface area contributed by atoms with Crippen molar-refractivity contribution >= 4 is 16.3 Å². The van der Waals surface area contributed by atoms with Crippen LogP contribution in [-0.2, 0) is 25.8 Å². The van der Waals surface area contributed by atoms with Crippen molar-refractivity contribution in [3.05, 3.63) is 30.1 Å². The minimum Gasteiger partial charge on any atom is -0.332 e. The maximum absolute atomic E-state index is 11.4. The summed E-state index contributed by atoms with van der Waals surface area (Å²) in [5.74, 6) is -1.02. The second-order valence-corrected chi connectivity index (χ2v) is 5.59. The van der Waals surface area contributed by atoms with Crippen LogP contribution in [-0.4, -0.2) is 24.9 Å². The summed E-state index contributed by atoms with van der Waals surface area (Å²) < 4.78 is 29.3. The summed E-state index contributed by atoms with van der Waals surface area (Å²) in [5, 5.41) is 0. The van der Waals surface area contributed by atoms with E-state index in [2.05, 4.69) is 13.9 Å². The van der Waals surface area contributed by atoms with Gasteiger partial charge in [-0.1, -0.05) is 0 Å². The molecule has 1 aromatic heterocycles. The summed E-state index contributed by atoms with van der Waals surface area (Å²) in [7, 11) is -4.16. The van der Waals surface area contributed by atoms with Gasteiger partial charge in [0.2, 0.25) is 0 Å². The Balaban J connectivity index is 2.59. The van der Waals surface area contributed by atoms with E-state index in [1.165, 1.54) is 26.2 Å². The Morgan fingerprint density at radius 3 is 2.50 bits per heavy atom. The summed E-state index contributed by atoms with van der Waals surface area (Å²) in [6.07, 6.45) is 3.05. The Labute approximate surface area is 106 Å². The number of nitrogens with zero attached hydrogens (tertiary/aromatic N) is 1. The highest BCUT2D eigenvalue weighted by Crippen LogP contribution is 2.04. The van der Waals surface area contributed by atoms with Crippen molar-refractivity contribution in [1.82, 2.24) is 9.71 Å². The first-order valence-corrected chi connectivity index (χ1v) is 6.53. The van der Waals surface area contributed by atoms with Gasteiger partial charge in [-0.3, -0.25) is 4.98 Å². The number of nitrogens with two attached hydrogens (primary N) is 1. The molecule has 0 aliphatic heterocycles. The highest BCUT2D eigenvalue weighted by atomic mass is 32.2. The molecule has 1 rings (SSSR count). The number of carbonyl (C=O) groups excluding carboxylic acids is 1. The first-order valence-electron chi connectivity index (χ1n) is 5.12. The third-order valence-corrected chi connectivity index (χ3v) is 2.78. The maximum atomic E-state index is 11.4. The lowest BCUT2D eigenvalue weighted by Gasteiger charge is -2.16. The van der Waals surface area contributed by atoms with Gasteiger partial charge in [-0.25, -0.2) is 4.79 Å². The predicted octanol–water partition coefficient (Wildman–Crippen LogP) is -0.303. The second-order valence-electron chi connectivity index (χ2n) is 4.22. The van der Waals surface area contributed by atoms with Gasteiger partial charge < -0.3 is 9.92 Å². The third kappa shape index (κ3) is 4.78. The Kier molecular flexibility index (Phi) is 4.38. The third-order valence-electron chi connectivity index (χ3n) is 1.91. The van der Waals surface area contributed by atoms with E-state index in [0.717, 1.165) is 0 Å². The van der Waals surface area contributed by atoms with Gasteiger partial charge in [0.05, 0.1) is 0 Å². The first-order chi connectivity index (χ1) is 8.21. The highest BCUT2D eigenvalue weighted by molar-refractivity contribution is 7.85. The van der Waals surface area contributed by atoms with E-state index in [4.69, 9.17) is 5.73 Å². The van der Waals surface area contributed by atoms with Gasteiger partial charge in [-0.2, -0.15) is 13.1 Å². The standard InChI is InChI=1S/C10H15N3O4S/c1-10(2,11)9(14)17-18(15,16)13-7-8-3-5-12-6-4-8/h3-6,13H,7,11H2,1-2H3. The fourth-order valence-electron chi connectivity index (χ4n) is 0.909. The van der Waals surface area contributed by atoms with E-state index >= 15 is 0 Å². The SMILES string of the molecule is CC(C)(N)C(=O)OS(=O)(=O)NCc1ccncc1. The fourth-order valence-corrected chi connectivity index (χ4v) is 1.73. The predicted molar refractivity (Wildman–Crippen MR) is 64.4 cm³/mol. The zero-order valence-electron chi connectivity index (χ0n) is 10.1. The molecule has 7 nitrogen and oxygen atoms in total. The molecular formula is C10H15N3O4S. The monoisotopic (exact) mass is 273 g/mol. The molecule has 0 unspecified atom stereocenters. The molecule has 0 aliphatic carbocycles. The molecule has 0 aromatic carbocycles. The van der Waals surface area contributed by atoms with Crippen molar-refractivity contribution in [1.29, 1.82) is 0 Å². The molecule has 0 atom stereocenters. The Bertz CT molecular complexity index is 508. The zero-order chi connectivity index (χ0) is 13.8. The summed E-state index contributed by atoms with van der Waals surface area (Å²) in [6.45, 7) is 2.71. The van der Waals surface area contributed by atoms with Gasteiger partial charge >= 0.3 is 16.3 Å². The molecule has 3 N–H and O–H groups in total. The van der Waals surface area contributed by atoms with Crippen LogP contribution in [0.2, 0.25) is 0 Å². The Morgan fingerprint density at radius 1 is 1.44 bits per heavy atom. The highest BCUT2D eigenvalue weighted by Gasteiger charge is 2.28. The molecule has 8 heteroatoms. The van der Waals surface area contributed by atoms with Gasteiger partial charge in [0, 0.05) is 18.9 Å². The molecule has 0 radical (unpaired) electrons. The van der Waals surface area contributed by atoms with Crippen LogP contribution in [0.15, 0.2) is 24.5 Å². The summed E-state index contributed by atoms with van der Waals surface area (Å²) in [4.78, 5) is 15.1. The van der Waals surface area contributed by atoms with E-state index in [-0.39, 0.29) is 6.54 Å². The van der Waals surface area contributed by atoms with Gasteiger partial charge in [-0.05, 0) is 31.5 Å². The van der Waals surface area contributed by atoms with Crippen LogP contribution in [0.1, 0.15) is 19.4 Å². The van der Waals surface area contributed by atoms with Crippen molar-refractivity contribution in [3.63, 3.8) is 0 Å². The zero-order valence-corrected chi connectivity index (χ0v) is 10.9.